The Morgan fingerprint density at radius 1 is 0.500 bits per heavy atom. The van der Waals surface area contributed by atoms with Crippen LogP contribution in [0.5, 0.6) is 0 Å². The Kier molecular flexibility index (Phi) is 21.3. The number of unbranched alkanes of at least 4 members (excludes halogenated alkanes) is 17. The molecular weight excluding hydrogens is 394 g/mol. The van der Waals surface area contributed by atoms with Gasteiger partial charge in [0.2, 0.25) is 0 Å². The summed E-state index contributed by atoms with van der Waals surface area (Å²) in [5, 5.41) is 0. The molecule has 0 spiro atoms. The van der Waals surface area contributed by atoms with Gasteiger partial charge in [-0.1, -0.05) is 96.8 Å². The van der Waals surface area contributed by atoms with Crippen molar-refractivity contribution in [2.75, 3.05) is 41.4 Å². The maximum absolute atomic E-state index is 5.45. The average Bonchev–Trinajstić information content (AvgIpc) is 2.78. The normalized spacial score (nSPS) is 12.6. The second kappa shape index (κ2) is 21.4. The molecule has 0 aromatic heterocycles. The summed E-state index contributed by atoms with van der Waals surface area (Å²) in [6, 6.07) is 0. The second-order valence-electron chi connectivity index (χ2n) is 11.0. The minimum absolute atomic E-state index is 0.405. The summed E-state index contributed by atoms with van der Waals surface area (Å²) < 4.78 is 12.1. The van der Waals surface area contributed by atoms with E-state index in [1.165, 1.54) is 140 Å². The van der Waals surface area contributed by atoms with E-state index < -0.39 is 5.79 Å². The largest absolute Gasteiger partial charge is 0.353 e. The molecule has 0 radical (unpaired) electrons. The molecule has 3 nitrogen and oxygen atoms in total. The second-order valence-corrected chi connectivity index (χ2v) is 11.0. The van der Waals surface area contributed by atoms with E-state index in [0.29, 0.717) is 0 Å². The van der Waals surface area contributed by atoms with E-state index >= 15 is 0 Å². The quantitative estimate of drug-likeness (QED) is 0.0775. The molecule has 32 heavy (non-hydrogen) atoms. The molecule has 0 saturated carbocycles. The third kappa shape index (κ3) is 20.5. The zero-order valence-electron chi connectivity index (χ0n) is 23.3. The third-order valence-electron chi connectivity index (χ3n) is 7.37. The molecule has 3 heteroatoms. The van der Waals surface area contributed by atoms with E-state index in [2.05, 4.69) is 21.0 Å². The maximum atomic E-state index is 5.45. The van der Waals surface area contributed by atoms with Crippen molar-refractivity contribution in [3.63, 3.8) is 0 Å². The Morgan fingerprint density at radius 2 is 0.812 bits per heavy atom. The lowest BCUT2D eigenvalue weighted by atomic mass is 10.0. The fourth-order valence-electron chi connectivity index (χ4n) is 4.65. The molecule has 0 unspecified atom stereocenters. The molecule has 0 aliphatic carbocycles. The molecule has 0 rings (SSSR count). The number of hydrogen-bond acceptors (Lipinski definition) is 2. The Bertz CT molecular complexity index is 379. The van der Waals surface area contributed by atoms with Crippen LogP contribution in [0.1, 0.15) is 142 Å². The molecule has 194 valence electrons. The highest BCUT2D eigenvalue weighted by molar-refractivity contribution is 4.61. The van der Waals surface area contributed by atoms with Crippen LogP contribution in [0, 0.1) is 0 Å². The summed E-state index contributed by atoms with van der Waals surface area (Å²) in [7, 11) is 8.28. The first-order valence-electron chi connectivity index (χ1n) is 14.3. The van der Waals surface area contributed by atoms with E-state index in [0.717, 1.165) is 6.42 Å². The van der Waals surface area contributed by atoms with Crippen molar-refractivity contribution < 1.29 is 14.0 Å². The highest BCUT2D eigenvalue weighted by Crippen LogP contribution is 2.19. The van der Waals surface area contributed by atoms with Crippen molar-refractivity contribution >= 4 is 0 Å². The van der Waals surface area contributed by atoms with Crippen LogP contribution >= 0.6 is 0 Å². The SMILES string of the molecule is CCCCCCCCCCCCCCCCCC[N+](C)(C)CCCCCC(C)(OC)OC. The summed E-state index contributed by atoms with van der Waals surface area (Å²) in [4.78, 5) is 0. The lowest BCUT2D eigenvalue weighted by molar-refractivity contribution is -0.890. The van der Waals surface area contributed by atoms with Crippen molar-refractivity contribution in [1.29, 1.82) is 0 Å². The zero-order valence-corrected chi connectivity index (χ0v) is 23.3. The molecule has 0 aromatic carbocycles. The fourth-order valence-corrected chi connectivity index (χ4v) is 4.65. The molecular formula is C29H62NO2+. The highest BCUT2D eigenvalue weighted by atomic mass is 16.7. The van der Waals surface area contributed by atoms with Crippen LogP contribution in [0.3, 0.4) is 0 Å². The van der Waals surface area contributed by atoms with Gasteiger partial charge in [0.15, 0.2) is 5.79 Å². The molecule has 0 bridgehead atoms. The topological polar surface area (TPSA) is 18.5 Å². The minimum atomic E-state index is -0.405. The third-order valence-corrected chi connectivity index (χ3v) is 7.37. The Balaban J connectivity index is 3.39. The van der Waals surface area contributed by atoms with Crippen LogP contribution in [0.25, 0.3) is 0 Å². The number of ether oxygens (including phenoxy) is 2. The number of rotatable bonds is 25. The van der Waals surface area contributed by atoms with Gasteiger partial charge in [0, 0.05) is 20.6 Å². The predicted octanol–water partition coefficient (Wildman–Crippen LogP) is 8.89. The van der Waals surface area contributed by atoms with Gasteiger partial charge in [0.1, 0.15) is 0 Å². The van der Waals surface area contributed by atoms with E-state index in [-0.39, 0.29) is 0 Å². The van der Waals surface area contributed by atoms with Gasteiger partial charge < -0.3 is 14.0 Å². The van der Waals surface area contributed by atoms with Gasteiger partial charge in [-0.25, -0.2) is 0 Å². The molecule has 0 saturated heterocycles. The molecule has 0 fully saturated rings. The van der Waals surface area contributed by atoms with Crippen molar-refractivity contribution in [2.45, 2.75) is 148 Å². The van der Waals surface area contributed by atoms with Crippen molar-refractivity contribution in [3.8, 4) is 0 Å². The van der Waals surface area contributed by atoms with Gasteiger partial charge in [0.05, 0.1) is 27.2 Å². The summed E-state index contributed by atoms with van der Waals surface area (Å²) in [5.41, 5.74) is 0. The van der Waals surface area contributed by atoms with Crippen LogP contribution in [0.2, 0.25) is 0 Å². The standard InChI is InChI=1S/C29H62NO2/c1-7-8-9-10-11-12-13-14-15-16-17-18-19-20-21-24-27-30(3,4)28-25-22-23-26-29(2,31-5)32-6/h7-28H2,1-6H3/q+1. The lowest BCUT2D eigenvalue weighted by Gasteiger charge is -2.30. The number of nitrogens with zero attached hydrogens (tertiary/aromatic N) is 1. The van der Waals surface area contributed by atoms with Gasteiger partial charge in [-0.05, 0) is 39.0 Å². The monoisotopic (exact) mass is 456 g/mol. The first-order valence-corrected chi connectivity index (χ1v) is 14.3. The van der Waals surface area contributed by atoms with Crippen LogP contribution in [-0.4, -0.2) is 51.7 Å². The smallest absolute Gasteiger partial charge is 0.164 e. The van der Waals surface area contributed by atoms with Crippen LogP contribution in [0.15, 0.2) is 0 Å². The van der Waals surface area contributed by atoms with Gasteiger partial charge in [-0.3, -0.25) is 0 Å². The zero-order chi connectivity index (χ0) is 24.0. The first-order chi connectivity index (χ1) is 15.4. The minimum Gasteiger partial charge on any atom is -0.353 e. The van der Waals surface area contributed by atoms with Gasteiger partial charge in [0.25, 0.3) is 0 Å². The Morgan fingerprint density at radius 3 is 1.16 bits per heavy atom. The molecule has 0 atom stereocenters. The summed E-state index contributed by atoms with van der Waals surface area (Å²) in [6.07, 6.45) is 27.9. The van der Waals surface area contributed by atoms with E-state index in [9.17, 15) is 0 Å². The van der Waals surface area contributed by atoms with E-state index in [1.54, 1.807) is 14.2 Å². The van der Waals surface area contributed by atoms with Crippen LogP contribution in [-0.2, 0) is 9.47 Å². The maximum Gasteiger partial charge on any atom is 0.164 e. The summed E-state index contributed by atoms with van der Waals surface area (Å²) >= 11 is 0. The molecule has 0 N–H and O–H groups in total. The van der Waals surface area contributed by atoms with Gasteiger partial charge in [-0.15, -0.1) is 0 Å². The van der Waals surface area contributed by atoms with Gasteiger partial charge >= 0.3 is 0 Å². The first kappa shape index (κ1) is 31.9. The molecule has 0 aliphatic heterocycles. The van der Waals surface area contributed by atoms with E-state index in [1.807, 2.05) is 6.92 Å². The number of methoxy groups -OCH3 is 2. The summed E-state index contributed by atoms with van der Waals surface area (Å²) in [6.45, 7) is 6.94. The predicted molar refractivity (Wildman–Crippen MR) is 142 cm³/mol. The summed E-state index contributed by atoms with van der Waals surface area (Å²) in [5.74, 6) is -0.405. The van der Waals surface area contributed by atoms with Crippen LogP contribution in [0.4, 0.5) is 0 Å². The van der Waals surface area contributed by atoms with Crippen molar-refractivity contribution in [2.24, 2.45) is 0 Å². The fraction of sp³-hybridized carbons (Fsp3) is 1.00. The van der Waals surface area contributed by atoms with E-state index in [4.69, 9.17) is 9.47 Å². The molecule has 0 aromatic rings. The molecule has 0 aliphatic rings. The Labute approximate surface area is 203 Å². The van der Waals surface area contributed by atoms with Crippen LogP contribution < -0.4 is 0 Å². The van der Waals surface area contributed by atoms with Gasteiger partial charge in [-0.2, -0.15) is 0 Å². The average molecular weight is 457 g/mol. The number of quaternary nitrogens is 1. The molecule has 0 amide bonds. The highest BCUT2D eigenvalue weighted by Gasteiger charge is 2.22. The molecule has 0 heterocycles. The van der Waals surface area contributed by atoms with Crippen molar-refractivity contribution in [3.05, 3.63) is 0 Å². The Hall–Kier alpha value is -0.120. The lowest BCUT2D eigenvalue weighted by Crippen LogP contribution is -2.41. The number of hydrogen-bond donors (Lipinski definition) is 0. The van der Waals surface area contributed by atoms with Crippen molar-refractivity contribution in [1.82, 2.24) is 0 Å².